The van der Waals surface area contributed by atoms with E-state index in [4.69, 9.17) is 0 Å². The Morgan fingerprint density at radius 3 is 2.94 bits per heavy atom. The standard InChI is InChI=1S/C13H13NOS/c15-12(10-6-14-7-10)5-9-8-16-13-4-2-1-3-11(9)13/h1-4,8,10,14H,5-7H2. The lowest BCUT2D eigenvalue weighted by Gasteiger charge is -2.25. The minimum atomic E-state index is 0.249. The van der Waals surface area contributed by atoms with Gasteiger partial charge in [-0.2, -0.15) is 0 Å². The molecule has 3 heteroatoms. The fourth-order valence-corrected chi connectivity index (χ4v) is 2.98. The van der Waals surface area contributed by atoms with Gasteiger partial charge < -0.3 is 5.32 Å². The van der Waals surface area contributed by atoms with Crippen molar-refractivity contribution in [3.63, 3.8) is 0 Å². The molecule has 2 heterocycles. The molecule has 1 aromatic heterocycles. The highest BCUT2D eigenvalue weighted by molar-refractivity contribution is 7.17. The van der Waals surface area contributed by atoms with E-state index in [1.807, 2.05) is 12.1 Å². The van der Waals surface area contributed by atoms with Crippen LogP contribution < -0.4 is 5.32 Å². The molecule has 0 amide bonds. The van der Waals surface area contributed by atoms with E-state index >= 15 is 0 Å². The predicted molar refractivity (Wildman–Crippen MR) is 66.9 cm³/mol. The first-order valence-electron chi connectivity index (χ1n) is 5.53. The van der Waals surface area contributed by atoms with Gasteiger partial charge in [-0.15, -0.1) is 11.3 Å². The quantitative estimate of drug-likeness (QED) is 0.877. The summed E-state index contributed by atoms with van der Waals surface area (Å²) in [4.78, 5) is 11.9. The minimum absolute atomic E-state index is 0.249. The highest BCUT2D eigenvalue weighted by Crippen LogP contribution is 2.26. The molecule has 1 aliphatic rings. The van der Waals surface area contributed by atoms with Crippen LogP contribution in [0.2, 0.25) is 0 Å². The Bertz CT molecular complexity index is 527. The Kier molecular flexibility index (Phi) is 2.50. The summed E-state index contributed by atoms with van der Waals surface area (Å²) in [6, 6.07) is 8.29. The van der Waals surface area contributed by atoms with Gasteiger partial charge in [-0.1, -0.05) is 18.2 Å². The van der Waals surface area contributed by atoms with Gasteiger partial charge in [-0.05, 0) is 22.4 Å². The highest BCUT2D eigenvalue weighted by Gasteiger charge is 2.25. The second kappa shape index (κ2) is 4.00. The molecule has 2 aromatic rings. The summed E-state index contributed by atoms with van der Waals surface area (Å²) in [6.45, 7) is 1.72. The maximum atomic E-state index is 11.9. The molecule has 16 heavy (non-hydrogen) atoms. The first kappa shape index (κ1) is 10.00. The summed E-state index contributed by atoms with van der Waals surface area (Å²) in [5, 5.41) is 6.50. The molecule has 0 spiro atoms. The van der Waals surface area contributed by atoms with Gasteiger partial charge in [0.1, 0.15) is 5.78 Å². The van der Waals surface area contributed by atoms with E-state index < -0.39 is 0 Å². The van der Waals surface area contributed by atoms with E-state index in [1.165, 1.54) is 15.6 Å². The zero-order chi connectivity index (χ0) is 11.0. The molecule has 1 saturated heterocycles. The van der Waals surface area contributed by atoms with Crippen LogP contribution in [-0.4, -0.2) is 18.9 Å². The molecule has 0 bridgehead atoms. The number of fused-ring (bicyclic) bond motifs is 1. The van der Waals surface area contributed by atoms with E-state index in [2.05, 4.69) is 22.8 Å². The maximum Gasteiger partial charge on any atom is 0.142 e. The van der Waals surface area contributed by atoms with Gasteiger partial charge in [-0.25, -0.2) is 0 Å². The molecule has 82 valence electrons. The molecular weight excluding hydrogens is 218 g/mol. The third-order valence-electron chi connectivity index (χ3n) is 3.16. The number of ketones is 1. The predicted octanol–water partition coefficient (Wildman–Crippen LogP) is 2.23. The second-order valence-corrected chi connectivity index (χ2v) is 5.17. The van der Waals surface area contributed by atoms with Crippen LogP contribution in [-0.2, 0) is 11.2 Å². The molecule has 0 saturated carbocycles. The maximum absolute atomic E-state index is 11.9. The van der Waals surface area contributed by atoms with Crippen LogP contribution in [0, 0.1) is 5.92 Å². The van der Waals surface area contributed by atoms with Crippen LogP contribution >= 0.6 is 11.3 Å². The third-order valence-corrected chi connectivity index (χ3v) is 4.17. The number of rotatable bonds is 3. The van der Waals surface area contributed by atoms with Crippen LogP contribution in [0.3, 0.4) is 0 Å². The molecule has 1 aliphatic heterocycles. The number of hydrogen-bond donors (Lipinski definition) is 1. The zero-order valence-electron chi connectivity index (χ0n) is 8.90. The van der Waals surface area contributed by atoms with Crippen LogP contribution in [0.15, 0.2) is 29.6 Å². The Balaban J connectivity index is 1.86. The SMILES string of the molecule is O=C(Cc1csc2ccccc12)C1CNC1. The Morgan fingerprint density at radius 1 is 1.38 bits per heavy atom. The van der Waals surface area contributed by atoms with Crippen LogP contribution in [0.1, 0.15) is 5.56 Å². The number of Topliss-reactive ketones (excluding diaryl/α,β-unsaturated/α-hetero) is 1. The lowest BCUT2D eigenvalue weighted by atomic mass is 9.93. The van der Waals surface area contributed by atoms with Gasteiger partial charge in [0, 0.05) is 30.1 Å². The molecule has 3 rings (SSSR count). The molecule has 0 radical (unpaired) electrons. The summed E-state index contributed by atoms with van der Waals surface area (Å²) in [5.74, 6) is 0.626. The Morgan fingerprint density at radius 2 is 2.19 bits per heavy atom. The molecular formula is C13H13NOS. The van der Waals surface area contributed by atoms with Crippen LogP contribution in [0.5, 0.6) is 0 Å². The molecule has 0 atom stereocenters. The fraction of sp³-hybridized carbons (Fsp3) is 0.308. The van der Waals surface area contributed by atoms with Crippen molar-refractivity contribution < 1.29 is 4.79 Å². The van der Waals surface area contributed by atoms with Crippen molar-refractivity contribution in [2.24, 2.45) is 5.92 Å². The minimum Gasteiger partial charge on any atom is -0.315 e. The number of benzene rings is 1. The summed E-state index contributed by atoms with van der Waals surface area (Å²) in [6.07, 6.45) is 0.594. The zero-order valence-corrected chi connectivity index (χ0v) is 9.72. The highest BCUT2D eigenvalue weighted by atomic mass is 32.1. The molecule has 1 N–H and O–H groups in total. The third kappa shape index (κ3) is 1.66. The molecule has 0 unspecified atom stereocenters. The number of carbonyl (C=O) groups is 1. The fourth-order valence-electron chi connectivity index (χ4n) is 2.02. The summed E-state index contributed by atoms with van der Waals surface area (Å²) >= 11 is 1.73. The van der Waals surface area contributed by atoms with Gasteiger partial charge in [0.2, 0.25) is 0 Å². The molecule has 1 fully saturated rings. The van der Waals surface area contributed by atoms with Gasteiger partial charge in [-0.3, -0.25) is 4.79 Å². The number of thiophene rings is 1. The molecule has 0 aliphatic carbocycles. The Hall–Kier alpha value is -1.19. The number of nitrogens with one attached hydrogen (secondary N) is 1. The van der Waals surface area contributed by atoms with Crippen molar-refractivity contribution in [3.8, 4) is 0 Å². The van der Waals surface area contributed by atoms with Crippen molar-refractivity contribution >= 4 is 27.2 Å². The summed E-state index contributed by atoms with van der Waals surface area (Å²) in [7, 11) is 0. The van der Waals surface area contributed by atoms with Gasteiger partial charge >= 0.3 is 0 Å². The monoisotopic (exact) mass is 231 g/mol. The first-order valence-corrected chi connectivity index (χ1v) is 6.41. The summed E-state index contributed by atoms with van der Waals surface area (Å²) in [5.41, 5.74) is 1.19. The van der Waals surface area contributed by atoms with Crippen LogP contribution in [0.25, 0.3) is 10.1 Å². The molecule has 2 nitrogen and oxygen atoms in total. The topological polar surface area (TPSA) is 29.1 Å². The second-order valence-electron chi connectivity index (χ2n) is 4.26. The lowest BCUT2D eigenvalue weighted by Crippen LogP contribution is -2.47. The van der Waals surface area contributed by atoms with E-state index in [9.17, 15) is 4.79 Å². The Labute approximate surface area is 98.3 Å². The lowest BCUT2D eigenvalue weighted by molar-refractivity contribution is -0.123. The van der Waals surface area contributed by atoms with Gasteiger partial charge in [0.25, 0.3) is 0 Å². The van der Waals surface area contributed by atoms with E-state index in [0.717, 1.165) is 13.1 Å². The van der Waals surface area contributed by atoms with Crippen molar-refractivity contribution in [1.82, 2.24) is 5.32 Å². The van der Waals surface area contributed by atoms with Crippen LogP contribution in [0.4, 0.5) is 0 Å². The van der Waals surface area contributed by atoms with Gasteiger partial charge in [0.15, 0.2) is 0 Å². The van der Waals surface area contributed by atoms with Crippen molar-refractivity contribution in [1.29, 1.82) is 0 Å². The van der Waals surface area contributed by atoms with E-state index in [0.29, 0.717) is 12.2 Å². The van der Waals surface area contributed by atoms with Crippen molar-refractivity contribution in [2.75, 3.05) is 13.1 Å². The largest absolute Gasteiger partial charge is 0.315 e. The smallest absolute Gasteiger partial charge is 0.142 e. The number of carbonyl (C=O) groups excluding carboxylic acids is 1. The first-order chi connectivity index (χ1) is 7.84. The van der Waals surface area contributed by atoms with Gasteiger partial charge in [0.05, 0.1) is 0 Å². The van der Waals surface area contributed by atoms with Crippen molar-refractivity contribution in [3.05, 3.63) is 35.2 Å². The average Bonchev–Trinajstić information content (AvgIpc) is 2.59. The average molecular weight is 231 g/mol. The number of hydrogen-bond acceptors (Lipinski definition) is 3. The van der Waals surface area contributed by atoms with Crippen molar-refractivity contribution in [2.45, 2.75) is 6.42 Å². The molecule has 1 aromatic carbocycles. The van der Waals surface area contributed by atoms with E-state index in [1.54, 1.807) is 11.3 Å². The summed E-state index contributed by atoms with van der Waals surface area (Å²) < 4.78 is 1.28. The van der Waals surface area contributed by atoms with E-state index in [-0.39, 0.29) is 5.92 Å². The normalized spacial score (nSPS) is 16.2.